The molecule has 0 spiro atoms. The quantitative estimate of drug-likeness (QED) is 0.607. The summed E-state index contributed by atoms with van der Waals surface area (Å²) in [7, 11) is 0. The van der Waals surface area contributed by atoms with Crippen molar-refractivity contribution in [1.82, 2.24) is 0 Å². The van der Waals surface area contributed by atoms with E-state index in [1.165, 1.54) is 38.5 Å². The molecule has 0 nitrogen and oxygen atoms in total. The second-order valence-electron chi connectivity index (χ2n) is 4.64. The molecule has 0 aromatic rings. The number of allylic oxidation sites excluding steroid dienone is 4. The fraction of sp³-hybridized carbons (Fsp3) is 0.692. The first-order valence-electron chi connectivity index (χ1n) is 5.72. The molecule has 0 N–H and O–H groups in total. The largest absolute Gasteiger partial charge is 0.0807 e. The molecule has 0 aromatic carbocycles. The van der Waals surface area contributed by atoms with Gasteiger partial charge in [-0.15, -0.1) is 0 Å². The molecular weight excluding hydrogens is 156 g/mol. The molecule has 0 aliphatic heterocycles. The molecule has 0 amide bonds. The lowest BCUT2D eigenvalue weighted by Crippen LogP contribution is -2.06. The summed E-state index contributed by atoms with van der Waals surface area (Å²) in [5.74, 6) is 1.95. The standard InChI is InChI=1S/C13H20/c1-11(13-7-2-3-8-13)9-10-12-5-4-6-12/h4-5,10-11,13H,2-3,6-9H2,1H3/b12-10-. The minimum atomic E-state index is 0.920. The molecule has 2 aliphatic carbocycles. The van der Waals surface area contributed by atoms with Gasteiger partial charge in [0.15, 0.2) is 0 Å². The molecule has 1 fully saturated rings. The first-order chi connectivity index (χ1) is 6.36. The van der Waals surface area contributed by atoms with Crippen LogP contribution in [0.15, 0.2) is 23.8 Å². The van der Waals surface area contributed by atoms with E-state index in [-0.39, 0.29) is 0 Å². The zero-order valence-electron chi connectivity index (χ0n) is 8.63. The Morgan fingerprint density at radius 2 is 2.15 bits per heavy atom. The van der Waals surface area contributed by atoms with E-state index in [0.29, 0.717) is 0 Å². The van der Waals surface area contributed by atoms with Crippen LogP contribution in [-0.4, -0.2) is 0 Å². The van der Waals surface area contributed by atoms with Gasteiger partial charge in [-0.1, -0.05) is 50.8 Å². The topological polar surface area (TPSA) is 0 Å². The van der Waals surface area contributed by atoms with Crippen molar-refractivity contribution in [2.24, 2.45) is 11.8 Å². The van der Waals surface area contributed by atoms with Gasteiger partial charge in [0.25, 0.3) is 0 Å². The fourth-order valence-electron chi connectivity index (χ4n) is 2.46. The van der Waals surface area contributed by atoms with E-state index in [2.05, 4.69) is 25.2 Å². The third kappa shape index (κ3) is 2.24. The Balaban J connectivity index is 1.77. The van der Waals surface area contributed by atoms with Crippen molar-refractivity contribution in [3.8, 4) is 0 Å². The molecule has 72 valence electrons. The molecule has 2 aliphatic rings. The van der Waals surface area contributed by atoms with Gasteiger partial charge >= 0.3 is 0 Å². The zero-order valence-corrected chi connectivity index (χ0v) is 8.63. The van der Waals surface area contributed by atoms with E-state index >= 15 is 0 Å². The number of hydrogen-bond acceptors (Lipinski definition) is 0. The summed E-state index contributed by atoms with van der Waals surface area (Å²) in [6, 6.07) is 0. The Kier molecular flexibility index (Phi) is 2.87. The Morgan fingerprint density at radius 1 is 1.46 bits per heavy atom. The lowest BCUT2D eigenvalue weighted by Gasteiger charge is -2.17. The van der Waals surface area contributed by atoms with E-state index in [4.69, 9.17) is 0 Å². The Bertz CT molecular complexity index is 216. The summed E-state index contributed by atoms with van der Waals surface area (Å²) >= 11 is 0. The number of hydrogen-bond donors (Lipinski definition) is 0. The summed E-state index contributed by atoms with van der Waals surface area (Å²) in [6.45, 7) is 2.43. The average molecular weight is 176 g/mol. The smallest absolute Gasteiger partial charge is 0.00975 e. The van der Waals surface area contributed by atoms with Crippen molar-refractivity contribution in [1.29, 1.82) is 0 Å². The van der Waals surface area contributed by atoms with Gasteiger partial charge in [-0.2, -0.15) is 0 Å². The van der Waals surface area contributed by atoms with Gasteiger partial charge in [-0.05, 0) is 30.3 Å². The van der Waals surface area contributed by atoms with Gasteiger partial charge in [0.2, 0.25) is 0 Å². The predicted molar refractivity (Wildman–Crippen MR) is 57.6 cm³/mol. The second-order valence-corrected chi connectivity index (χ2v) is 4.64. The highest BCUT2D eigenvalue weighted by Gasteiger charge is 2.20. The van der Waals surface area contributed by atoms with Crippen molar-refractivity contribution in [3.63, 3.8) is 0 Å². The van der Waals surface area contributed by atoms with Gasteiger partial charge in [0.1, 0.15) is 0 Å². The maximum Gasteiger partial charge on any atom is -0.00975 e. The molecule has 0 bridgehead atoms. The Morgan fingerprint density at radius 3 is 2.69 bits per heavy atom. The molecular formula is C13H20. The first kappa shape index (κ1) is 9.05. The van der Waals surface area contributed by atoms with Crippen molar-refractivity contribution in [2.75, 3.05) is 0 Å². The van der Waals surface area contributed by atoms with Gasteiger partial charge in [0, 0.05) is 0 Å². The molecule has 0 radical (unpaired) electrons. The van der Waals surface area contributed by atoms with Crippen LogP contribution < -0.4 is 0 Å². The van der Waals surface area contributed by atoms with Crippen LogP contribution in [0.2, 0.25) is 0 Å². The molecule has 13 heavy (non-hydrogen) atoms. The van der Waals surface area contributed by atoms with Gasteiger partial charge in [-0.3, -0.25) is 0 Å². The van der Waals surface area contributed by atoms with E-state index in [0.717, 1.165) is 11.8 Å². The lowest BCUT2D eigenvalue weighted by molar-refractivity contribution is 0.369. The molecule has 2 rings (SSSR count). The lowest BCUT2D eigenvalue weighted by atomic mass is 9.88. The monoisotopic (exact) mass is 176 g/mol. The van der Waals surface area contributed by atoms with Crippen LogP contribution in [0.3, 0.4) is 0 Å². The third-order valence-electron chi connectivity index (χ3n) is 3.64. The highest BCUT2D eigenvalue weighted by atomic mass is 14.3. The average Bonchev–Trinajstić information content (AvgIpc) is 2.52. The minimum Gasteiger partial charge on any atom is -0.0807 e. The molecule has 0 saturated heterocycles. The SMILES string of the molecule is CC(C/C=C1/C=CC1)C1CCCC1. The van der Waals surface area contributed by atoms with E-state index in [1.54, 1.807) is 5.57 Å². The van der Waals surface area contributed by atoms with Crippen LogP contribution in [0.4, 0.5) is 0 Å². The highest BCUT2D eigenvalue weighted by Crippen LogP contribution is 2.33. The Hall–Kier alpha value is -0.520. The van der Waals surface area contributed by atoms with Crippen LogP contribution >= 0.6 is 0 Å². The second kappa shape index (κ2) is 4.13. The van der Waals surface area contributed by atoms with Crippen LogP contribution in [-0.2, 0) is 0 Å². The van der Waals surface area contributed by atoms with E-state index in [1.807, 2.05) is 0 Å². The van der Waals surface area contributed by atoms with Crippen LogP contribution in [0.5, 0.6) is 0 Å². The van der Waals surface area contributed by atoms with Gasteiger partial charge < -0.3 is 0 Å². The van der Waals surface area contributed by atoms with Crippen LogP contribution in [0.1, 0.15) is 45.4 Å². The third-order valence-corrected chi connectivity index (χ3v) is 3.64. The normalized spacial score (nSPS) is 27.9. The van der Waals surface area contributed by atoms with Crippen molar-refractivity contribution >= 4 is 0 Å². The van der Waals surface area contributed by atoms with E-state index in [9.17, 15) is 0 Å². The summed E-state index contributed by atoms with van der Waals surface area (Å²) < 4.78 is 0. The van der Waals surface area contributed by atoms with Gasteiger partial charge in [0.05, 0.1) is 0 Å². The van der Waals surface area contributed by atoms with E-state index < -0.39 is 0 Å². The summed E-state index contributed by atoms with van der Waals surface area (Å²) in [5, 5.41) is 0. The molecule has 1 unspecified atom stereocenters. The maximum atomic E-state index is 2.45. The fourth-order valence-corrected chi connectivity index (χ4v) is 2.46. The summed E-state index contributed by atoms with van der Waals surface area (Å²) in [4.78, 5) is 0. The summed E-state index contributed by atoms with van der Waals surface area (Å²) in [5.41, 5.74) is 1.56. The zero-order chi connectivity index (χ0) is 9.10. The Labute approximate surface area is 81.7 Å². The molecule has 0 aromatic heterocycles. The number of rotatable bonds is 3. The van der Waals surface area contributed by atoms with Crippen molar-refractivity contribution in [2.45, 2.75) is 45.4 Å². The molecule has 0 heteroatoms. The van der Waals surface area contributed by atoms with Crippen LogP contribution in [0.25, 0.3) is 0 Å². The summed E-state index contributed by atoms with van der Waals surface area (Å²) in [6.07, 6.45) is 15.4. The molecule has 1 saturated carbocycles. The van der Waals surface area contributed by atoms with Gasteiger partial charge in [-0.25, -0.2) is 0 Å². The molecule has 0 heterocycles. The van der Waals surface area contributed by atoms with Crippen LogP contribution in [0, 0.1) is 11.8 Å². The first-order valence-corrected chi connectivity index (χ1v) is 5.72. The van der Waals surface area contributed by atoms with Crippen molar-refractivity contribution in [3.05, 3.63) is 23.8 Å². The molecule has 1 atom stereocenters. The van der Waals surface area contributed by atoms with Crippen molar-refractivity contribution < 1.29 is 0 Å². The predicted octanol–water partition coefficient (Wildman–Crippen LogP) is 4.09. The highest BCUT2D eigenvalue weighted by molar-refractivity contribution is 5.30. The minimum absolute atomic E-state index is 0.920. The maximum absolute atomic E-state index is 2.45.